The van der Waals surface area contributed by atoms with Crippen LogP contribution in [0, 0.1) is 0 Å². The Bertz CT molecular complexity index is 736. The Morgan fingerprint density at radius 1 is 1.25 bits per heavy atom. The van der Waals surface area contributed by atoms with Crippen LogP contribution < -0.4 is 16.4 Å². The highest BCUT2D eigenvalue weighted by Gasteiger charge is 2.41. The van der Waals surface area contributed by atoms with E-state index in [9.17, 15) is 18.0 Å². The van der Waals surface area contributed by atoms with Gasteiger partial charge in [-0.05, 0) is 18.2 Å². The van der Waals surface area contributed by atoms with E-state index < -0.39 is 17.5 Å². The van der Waals surface area contributed by atoms with Gasteiger partial charge in [-0.1, -0.05) is 11.6 Å². The highest BCUT2D eigenvalue weighted by molar-refractivity contribution is 6.31. The summed E-state index contributed by atoms with van der Waals surface area (Å²) in [5, 5.41) is 6.69. The number of fused-ring (bicyclic) bond motifs is 1. The van der Waals surface area contributed by atoms with Crippen molar-refractivity contribution in [3.05, 3.63) is 35.0 Å². The molecule has 0 fully saturated rings. The number of carbonyl (C=O) groups excluding carboxylic acids is 1. The average Bonchev–Trinajstić information content (AvgIpc) is 2.52. The van der Waals surface area contributed by atoms with Gasteiger partial charge >= 0.3 is 6.18 Å². The van der Waals surface area contributed by atoms with Gasteiger partial charge in [0.15, 0.2) is 0 Å². The molecule has 24 heavy (non-hydrogen) atoms. The molecule has 0 saturated carbocycles. The van der Waals surface area contributed by atoms with E-state index in [0.717, 1.165) is 6.20 Å². The number of benzene rings is 1. The smallest absolute Gasteiger partial charge is 0.383 e. The number of Topliss-reactive ketones (excluding diaryl/α,β-unsaturated/α-hetero) is 1. The second-order valence-corrected chi connectivity index (χ2v) is 5.44. The monoisotopic (exact) mass is 360 g/mol. The first kappa shape index (κ1) is 18.4. The second kappa shape index (κ2) is 7.78. The topological polar surface area (TPSA) is 80.0 Å². The third kappa shape index (κ3) is 4.34. The van der Waals surface area contributed by atoms with Crippen LogP contribution in [0.5, 0.6) is 0 Å². The molecule has 9 heteroatoms. The average molecular weight is 361 g/mol. The minimum absolute atomic E-state index is 0.0912. The highest BCUT2D eigenvalue weighted by Crippen LogP contribution is 2.32. The molecule has 5 nitrogen and oxygen atoms in total. The maximum Gasteiger partial charge on any atom is 0.455 e. The van der Waals surface area contributed by atoms with Gasteiger partial charge in [0, 0.05) is 42.8 Å². The van der Waals surface area contributed by atoms with E-state index in [4.69, 9.17) is 17.3 Å². The molecule has 130 valence electrons. The number of hydrogen-bond acceptors (Lipinski definition) is 5. The van der Waals surface area contributed by atoms with E-state index >= 15 is 0 Å². The van der Waals surface area contributed by atoms with Gasteiger partial charge in [0.1, 0.15) is 0 Å². The lowest BCUT2D eigenvalue weighted by atomic mass is 10.1. The predicted octanol–water partition coefficient (Wildman–Crippen LogP) is 2.59. The zero-order chi connectivity index (χ0) is 17.7. The Hall–Kier alpha value is -1.90. The molecule has 0 radical (unpaired) electrons. The summed E-state index contributed by atoms with van der Waals surface area (Å²) in [5.41, 5.74) is 5.32. The van der Waals surface area contributed by atoms with Crippen molar-refractivity contribution >= 4 is 34.0 Å². The number of nitrogens with zero attached hydrogens (tertiary/aromatic N) is 1. The van der Waals surface area contributed by atoms with Gasteiger partial charge in [0.2, 0.25) is 0 Å². The molecule has 0 unspecified atom stereocenters. The van der Waals surface area contributed by atoms with Crippen LogP contribution in [-0.2, 0) is 0 Å². The summed E-state index contributed by atoms with van der Waals surface area (Å²) < 4.78 is 38.4. The first-order valence-corrected chi connectivity index (χ1v) is 7.57. The predicted molar refractivity (Wildman–Crippen MR) is 87.6 cm³/mol. The summed E-state index contributed by atoms with van der Waals surface area (Å²) in [6.07, 6.45) is -4.06. The summed E-state index contributed by atoms with van der Waals surface area (Å²) in [7, 11) is 0. The zero-order valence-electron chi connectivity index (χ0n) is 12.6. The second-order valence-electron chi connectivity index (χ2n) is 5.00. The van der Waals surface area contributed by atoms with Gasteiger partial charge in [-0.25, -0.2) is 0 Å². The first-order chi connectivity index (χ1) is 11.3. The van der Waals surface area contributed by atoms with Crippen molar-refractivity contribution in [2.45, 2.75) is 6.18 Å². The SMILES string of the molecule is NCCNCCNc1c(C(=O)C(F)(F)F)cnc2cc(Cl)ccc12. The molecule has 2 rings (SSSR count). The van der Waals surface area contributed by atoms with Crippen molar-refractivity contribution in [1.29, 1.82) is 0 Å². The molecular weight excluding hydrogens is 345 g/mol. The van der Waals surface area contributed by atoms with Crippen molar-refractivity contribution in [3.63, 3.8) is 0 Å². The summed E-state index contributed by atoms with van der Waals surface area (Å²) in [4.78, 5) is 15.6. The number of nitrogens with one attached hydrogen (secondary N) is 2. The lowest BCUT2D eigenvalue weighted by molar-refractivity contribution is -0.0884. The largest absolute Gasteiger partial charge is 0.455 e. The number of ketones is 1. The van der Waals surface area contributed by atoms with E-state index in [1.54, 1.807) is 0 Å². The summed E-state index contributed by atoms with van der Waals surface area (Å²) in [6.45, 7) is 1.84. The zero-order valence-corrected chi connectivity index (χ0v) is 13.3. The maximum atomic E-state index is 12.8. The van der Waals surface area contributed by atoms with E-state index in [0.29, 0.717) is 42.1 Å². The quantitative estimate of drug-likeness (QED) is 0.522. The van der Waals surface area contributed by atoms with E-state index in [2.05, 4.69) is 15.6 Å². The molecule has 1 heterocycles. The Morgan fingerprint density at radius 2 is 2.00 bits per heavy atom. The molecule has 1 aromatic heterocycles. The fraction of sp³-hybridized carbons (Fsp3) is 0.333. The van der Waals surface area contributed by atoms with Crippen LogP contribution in [0.2, 0.25) is 5.02 Å². The van der Waals surface area contributed by atoms with Crippen LogP contribution in [-0.4, -0.2) is 43.1 Å². The van der Waals surface area contributed by atoms with Gasteiger partial charge in [0.05, 0.1) is 16.8 Å². The van der Waals surface area contributed by atoms with Crippen molar-refractivity contribution < 1.29 is 18.0 Å². The molecule has 0 aliphatic rings. The van der Waals surface area contributed by atoms with E-state index in [-0.39, 0.29) is 5.69 Å². The minimum atomic E-state index is -4.98. The Kier molecular flexibility index (Phi) is 5.98. The summed E-state index contributed by atoms with van der Waals surface area (Å²) >= 11 is 5.88. The lowest BCUT2D eigenvalue weighted by Crippen LogP contribution is -2.28. The number of nitrogens with two attached hydrogens (primary N) is 1. The first-order valence-electron chi connectivity index (χ1n) is 7.19. The number of hydrogen-bond donors (Lipinski definition) is 3. The molecular formula is C15H16ClF3N4O. The Balaban J connectivity index is 2.39. The van der Waals surface area contributed by atoms with Crippen LogP contribution in [0.25, 0.3) is 10.9 Å². The molecule has 0 atom stereocenters. The maximum absolute atomic E-state index is 12.8. The minimum Gasteiger partial charge on any atom is -0.383 e. The third-order valence-electron chi connectivity index (χ3n) is 3.26. The molecule has 0 spiro atoms. The van der Waals surface area contributed by atoms with Crippen molar-refractivity contribution in [1.82, 2.24) is 10.3 Å². The van der Waals surface area contributed by atoms with Crippen molar-refractivity contribution in [3.8, 4) is 0 Å². The van der Waals surface area contributed by atoms with E-state index in [1.807, 2.05) is 0 Å². The van der Waals surface area contributed by atoms with Gasteiger partial charge in [-0.3, -0.25) is 9.78 Å². The van der Waals surface area contributed by atoms with Gasteiger partial charge < -0.3 is 16.4 Å². The Morgan fingerprint density at radius 3 is 2.67 bits per heavy atom. The third-order valence-corrected chi connectivity index (χ3v) is 3.49. The number of halogens is 4. The molecule has 0 aliphatic heterocycles. The van der Waals surface area contributed by atoms with E-state index in [1.165, 1.54) is 18.2 Å². The van der Waals surface area contributed by atoms with Crippen molar-refractivity contribution in [2.24, 2.45) is 5.73 Å². The van der Waals surface area contributed by atoms with Gasteiger partial charge in [-0.15, -0.1) is 0 Å². The molecule has 2 aromatic rings. The summed E-state index contributed by atoms with van der Waals surface area (Å²) in [6, 6.07) is 4.59. The fourth-order valence-corrected chi connectivity index (χ4v) is 2.35. The summed E-state index contributed by atoms with van der Waals surface area (Å²) in [5.74, 6) is -1.94. The van der Waals surface area contributed by atoms with Gasteiger partial charge in [0.25, 0.3) is 5.78 Å². The standard InChI is InChI=1S/C15H16ClF3N4O/c16-9-1-2-10-12(7-9)23-8-11(14(24)15(17,18)19)13(10)22-6-5-21-4-3-20/h1-2,7-8,21H,3-6,20H2,(H,22,23). The van der Waals surface area contributed by atoms with Crippen LogP contribution >= 0.6 is 11.6 Å². The van der Waals surface area contributed by atoms with Gasteiger partial charge in [-0.2, -0.15) is 13.2 Å². The van der Waals surface area contributed by atoms with Crippen LogP contribution in [0.15, 0.2) is 24.4 Å². The number of alkyl halides is 3. The molecule has 0 saturated heterocycles. The molecule has 0 bridgehead atoms. The number of rotatable bonds is 7. The number of carbonyl (C=O) groups is 1. The van der Waals surface area contributed by atoms with Crippen LogP contribution in [0.1, 0.15) is 10.4 Å². The molecule has 4 N–H and O–H groups in total. The molecule has 0 amide bonds. The number of aromatic nitrogens is 1. The molecule has 1 aromatic carbocycles. The number of pyridine rings is 1. The molecule has 0 aliphatic carbocycles. The normalized spacial score (nSPS) is 11.7. The fourth-order valence-electron chi connectivity index (χ4n) is 2.18. The highest BCUT2D eigenvalue weighted by atomic mass is 35.5. The lowest BCUT2D eigenvalue weighted by Gasteiger charge is -2.15. The number of anilines is 1. The van der Waals surface area contributed by atoms with Crippen molar-refractivity contribution in [2.75, 3.05) is 31.5 Å². The van der Waals surface area contributed by atoms with Crippen LogP contribution in [0.3, 0.4) is 0 Å². The van der Waals surface area contributed by atoms with Crippen LogP contribution in [0.4, 0.5) is 18.9 Å². The Labute approximate surface area is 141 Å².